The fraction of sp³-hybridized carbons (Fsp3) is 0.417. The van der Waals surface area contributed by atoms with E-state index >= 15 is 0 Å². The summed E-state index contributed by atoms with van der Waals surface area (Å²) >= 11 is 1.53. The lowest BCUT2D eigenvalue weighted by molar-refractivity contribution is 0.488. The van der Waals surface area contributed by atoms with Gasteiger partial charge in [-0.1, -0.05) is 20.8 Å². The Kier molecular flexibility index (Phi) is 2.76. The number of aromatic nitrogens is 1. The molecule has 0 spiro atoms. The lowest BCUT2D eigenvalue weighted by atomic mass is 9.95. The van der Waals surface area contributed by atoms with Crippen LogP contribution in [0, 0.1) is 5.41 Å². The van der Waals surface area contributed by atoms with Crippen LogP contribution in [0.3, 0.4) is 0 Å². The molecule has 2 heterocycles. The molecule has 0 fully saturated rings. The number of nitrogens with zero attached hydrogens (tertiary/aromatic N) is 1. The van der Waals surface area contributed by atoms with Gasteiger partial charge in [0.2, 0.25) is 0 Å². The molecule has 0 bridgehead atoms. The average molecular weight is 236 g/mol. The maximum Gasteiger partial charge on any atom is 0.182 e. The minimum Gasteiger partial charge on any atom is -0.467 e. The van der Waals surface area contributed by atoms with Gasteiger partial charge in [0.15, 0.2) is 4.80 Å². The smallest absolute Gasteiger partial charge is 0.182 e. The number of rotatable bonds is 2. The number of hydrogen-bond donors (Lipinski definition) is 1. The van der Waals surface area contributed by atoms with E-state index in [1.54, 1.807) is 6.26 Å². The quantitative estimate of drug-likeness (QED) is 0.855. The second kappa shape index (κ2) is 3.94. The van der Waals surface area contributed by atoms with Crippen LogP contribution in [0.1, 0.15) is 31.4 Å². The van der Waals surface area contributed by atoms with Crippen molar-refractivity contribution in [3.8, 4) is 0 Å². The molecule has 0 aliphatic rings. The number of thiazole rings is 1. The normalized spacial score (nSPS) is 11.9. The summed E-state index contributed by atoms with van der Waals surface area (Å²) in [5.41, 5.74) is 0.106. The minimum absolute atomic E-state index is 0.106. The molecule has 0 saturated carbocycles. The molecule has 2 aromatic rings. The third kappa shape index (κ3) is 2.27. The summed E-state index contributed by atoms with van der Waals surface area (Å²) in [6, 6.07) is 3.80. The molecule has 0 aliphatic carbocycles. The van der Waals surface area contributed by atoms with Crippen molar-refractivity contribution in [1.29, 1.82) is 5.41 Å². The fourth-order valence-electron chi connectivity index (χ4n) is 1.42. The van der Waals surface area contributed by atoms with Gasteiger partial charge in [-0.15, -0.1) is 11.3 Å². The fourth-order valence-corrected chi connectivity index (χ4v) is 2.35. The zero-order valence-electron chi connectivity index (χ0n) is 9.78. The molecule has 3 nitrogen and oxygen atoms in total. The van der Waals surface area contributed by atoms with E-state index in [4.69, 9.17) is 9.83 Å². The van der Waals surface area contributed by atoms with E-state index in [2.05, 4.69) is 27.0 Å². The second-order valence-electron chi connectivity index (χ2n) is 4.86. The summed E-state index contributed by atoms with van der Waals surface area (Å²) in [5.74, 6) is 0.886. The van der Waals surface area contributed by atoms with Crippen LogP contribution >= 0.6 is 11.3 Å². The first-order chi connectivity index (χ1) is 7.47. The number of furan rings is 1. The maximum atomic E-state index is 7.91. The zero-order valence-corrected chi connectivity index (χ0v) is 10.6. The Labute approximate surface area is 98.9 Å². The summed E-state index contributed by atoms with van der Waals surface area (Å²) in [5, 5.41) is 7.91. The molecule has 16 heavy (non-hydrogen) atoms. The maximum absolute atomic E-state index is 7.91. The molecule has 0 radical (unpaired) electrons. The molecule has 1 N–H and O–H groups in total. The first-order valence-electron chi connectivity index (χ1n) is 5.24. The van der Waals surface area contributed by atoms with E-state index in [1.165, 1.54) is 16.2 Å². The Morgan fingerprint density at radius 2 is 2.19 bits per heavy atom. The van der Waals surface area contributed by atoms with Crippen LogP contribution in [0.2, 0.25) is 0 Å². The topological polar surface area (TPSA) is 41.9 Å². The molecule has 0 amide bonds. The summed E-state index contributed by atoms with van der Waals surface area (Å²) < 4.78 is 7.21. The zero-order chi connectivity index (χ0) is 11.8. The van der Waals surface area contributed by atoms with Gasteiger partial charge in [-0.2, -0.15) is 0 Å². The average Bonchev–Trinajstić information content (AvgIpc) is 2.76. The third-order valence-electron chi connectivity index (χ3n) is 2.39. The van der Waals surface area contributed by atoms with Gasteiger partial charge in [0.05, 0.1) is 12.8 Å². The van der Waals surface area contributed by atoms with E-state index in [0.717, 1.165) is 5.76 Å². The van der Waals surface area contributed by atoms with Crippen molar-refractivity contribution in [1.82, 2.24) is 4.57 Å². The predicted molar refractivity (Wildman–Crippen MR) is 64.7 cm³/mol. The summed E-state index contributed by atoms with van der Waals surface area (Å²) in [6.07, 6.45) is 3.71. The Balaban J connectivity index is 2.30. The van der Waals surface area contributed by atoms with E-state index in [1.807, 2.05) is 16.7 Å². The van der Waals surface area contributed by atoms with Gasteiger partial charge in [0.25, 0.3) is 0 Å². The SMILES string of the molecule is CC(C)(C)c1cn(Cc2ccco2)c(=N)s1. The molecule has 0 aliphatic heterocycles. The molecule has 86 valence electrons. The van der Waals surface area contributed by atoms with Gasteiger partial charge in [-0.05, 0) is 17.5 Å². The molecular formula is C12H16N2OS. The van der Waals surface area contributed by atoms with Crippen LogP contribution in [0.5, 0.6) is 0 Å². The van der Waals surface area contributed by atoms with Crippen molar-refractivity contribution in [2.75, 3.05) is 0 Å². The monoisotopic (exact) mass is 236 g/mol. The molecule has 0 atom stereocenters. The van der Waals surface area contributed by atoms with Crippen LogP contribution < -0.4 is 4.80 Å². The van der Waals surface area contributed by atoms with Crippen LogP contribution in [0.4, 0.5) is 0 Å². The first-order valence-corrected chi connectivity index (χ1v) is 6.06. The van der Waals surface area contributed by atoms with Crippen molar-refractivity contribution < 1.29 is 4.42 Å². The summed E-state index contributed by atoms with van der Waals surface area (Å²) in [7, 11) is 0. The Bertz CT molecular complexity index is 514. The van der Waals surface area contributed by atoms with Crippen molar-refractivity contribution in [3.05, 3.63) is 40.0 Å². The predicted octanol–water partition coefficient (Wildman–Crippen LogP) is 2.97. The van der Waals surface area contributed by atoms with E-state index in [-0.39, 0.29) is 5.41 Å². The lowest BCUT2D eigenvalue weighted by Gasteiger charge is -2.14. The van der Waals surface area contributed by atoms with E-state index < -0.39 is 0 Å². The molecule has 0 unspecified atom stereocenters. The number of hydrogen-bond acceptors (Lipinski definition) is 3. The van der Waals surface area contributed by atoms with Crippen molar-refractivity contribution in [3.63, 3.8) is 0 Å². The van der Waals surface area contributed by atoms with Gasteiger partial charge >= 0.3 is 0 Å². The minimum atomic E-state index is 0.106. The van der Waals surface area contributed by atoms with Crippen LogP contribution in [0.25, 0.3) is 0 Å². The van der Waals surface area contributed by atoms with Gasteiger partial charge in [-0.25, -0.2) is 0 Å². The van der Waals surface area contributed by atoms with Crippen molar-refractivity contribution in [2.24, 2.45) is 0 Å². The van der Waals surface area contributed by atoms with Gasteiger partial charge in [0, 0.05) is 11.1 Å². The van der Waals surface area contributed by atoms with Crippen LogP contribution in [-0.2, 0) is 12.0 Å². The van der Waals surface area contributed by atoms with Crippen LogP contribution in [-0.4, -0.2) is 4.57 Å². The van der Waals surface area contributed by atoms with Gasteiger partial charge in [-0.3, -0.25) is 5.41 Å². The highest BCUT2D eigenvalue weighted by atomic mass is 32.1. The Morgan fingerprint density at radius 3 is 2.69 bits per heavy atom. The highest BCUT2D eigenvalue weighted by molar-refractivity contribution is 7.09. The number of nitrogens with one attached hydrogen (secondary N) is 1. The standard InChI is InChI=1S/C12H16N2OS/c1-12(2,3)10-8-14(11(13)16-10)7-9-5-4-6-15-9/h4-6,8,13H,7H2,1-3H3. The third-order valence-corrected chi connectivity index (χ3v) is 3.75. The van der Waals surface area contributed by atoms with E-state index in [0.29, 0.717) is 11.3 Å². The Hall–Kier alpha value is -1.29. The summed E-state index contributed by atoms with van der Waals surface area (Å²) in [6.45, 7) is 7.12. The van der Waals surface area contributed by atoms with Crippen molar-refractivity contribution >= 4 is 11.3 Å². The van der Waals surface area contributed by atoms with Crippen molar-refractivity contribution in [2.45, 2.75) is 32.7 Å². The van der Waals surface area contributed by atoms with Gasteiger partial charge in [0.1, 0.15) is 5.76 Å². The largest absolute Gasteiger partial charge is 0.467 e. The Morgan fingerprint density at radius 1 is 1.44 bits per heavy atom. The molecule has 2 rings (SSSR count). The molecular weight excluding hydrogens is 220 g/mol. The van der Waals surface area contributed by atoms with E-state index in [9.17, 15) is 0 Å². The van der Waals surface area contributed by atoms with Gasteiger partial charge < -0.3 is 8.98 Å². The highest BCUT2D eigenvalue weighted by Crippen LogP contribution is 2.24. The molecule has 4 heteroatoms. The molecule has 2 aromatic heterocycles. The van der Waals surface area contributed by atoms with Crippen LogP contribution in [0.15, 0.2) is 29.0 Å². The molecule has 0 aromatic carbocycles. The first kappa shape index (κ1) is 11.2. The summed E-state index contributed by atoms with van der Waals surface area (Å²) in [4.78, 5) is 1.80. The second-order valence-corrected chi connectivity index (χ2v) is 5.89. The highest BCUT2D eigenvalue weighted by Gasteiger charge is 2.17. The molecule has 0 saturated heterocycles. The lowest BCUT2D eigenvalue weighted by Crippen LogP contribution is -2.12.